The van der Waals surface area contributed by atoms with Gasteiger partial charge in [-0.3, -0.25) is 4.79 Å². The van der Waals surface area contributed by atoms with Crippen LogP contribution < -0.4 is 0 Å². The second kappa shape index (κ2) is 12.5. The molecule has 3 rings (SSSR count). The summed E-state index contributed by atoms with van der Waals surface area (Å²) in [6.45, 7) is 2.52. The molecule has 0 atom stereocenters. The van der Waals surface area contributed by atoms with E-state index in [0.717, 1.165) is 17.7 Å². The van der Waals surface area contributed by atoms with Gasteiger partial charge in [-0.1, -0.05) is 47.1 Å². The zero-order valence-electron chi connectivity index (χ0n) is 20.1. The third-order valence-corrected chi connectivity index (χ3v) is 5.29. The van der Waals surface area contributed by atoms with E-state index >= 15 is 0 Å². The van der Waals surface area contributed by atoms with Crippen molar-refractivity contribution in [1.29, 1.82) is 0 Å². The Hall–Kier alpha value is -3.54. The van der Waals surface area contributed by atoms with Gasteiger partial charge in [-0.2, -0.15) is 39.5 Å². The van der Waals surface area contributed by atoms with Gasteiger partial charge in [0.25, 0.3) is 0 Å². The summed E-state index contributed by atoms with van der Waals surface area (Å²) in [6.07, 6.45) is -14.3. The van der Waals surface area contributed by atoms with E-state index in [2.05, 4.69) is 5.16 Å². The van der Waals surface area contributed by atoms with Gasteiger partial charge in [-0.15, -0.1) is 0 Å². The molecule has 0 bridgehead atoms. The monoisotopic (exact) mass is 583 g/mol. The lowest BCUT2D eigenvalue weighted by atomic mass is 10.0. The lowest BCUT2D eigenvalue weighted by Gasteiger charge is -2.14. The van der Waals surface area contributed by atoms with Crippen molar-refractivity contribution in [2.75, 3.05) is 0 Å². The van der Waals surface area contributed by atoms with E-state index in [1.807, 2.05) is 0 Å². The van der Waals surface area contributed by atoms with E-state index in [1.165, 1.54) is 19.9 Å². The van der Waals surface area contributed by atoms with Gasteiger partial charge in [0.15, 0.2) is 5.78 Å². The predicted octanol–water partition coefficient (Wildman–Crippen LogP) is 9.23. The number of nitrogens with zero attached hydrogens (tertiary/aromatic N) is 1. The molecule has 13 heteroatoms. The minimum atomic E-state index is -4.90. The van der Waals surface area contributed by atoms with Crippen LogP contribution in [0.4, 0.5) is 39.5 Å². The zero-order valence-corrected chi connectivity index (χ0v) is 20.9. The zero-order chi connectivity index (χ0) is 29.6. The largest absolute Gasteiger partial charge is 0.417 e. The lowest BCUT2D eigenvalue weighted by molar-refractivity contribution is -0.143. The fourth-order valence-corrected chi connectivity index (χ4v) is 3.18. The molecule has 0 aliphatic heterocycles. The van der Waals surface area contributed by atoms with E-state index in [9.17, 15) is 44.3 Å². The number of halogens is 10. The third kappa shape index (κ3) is 9.61. The summed E-state index contributed by atoms with van der Waals surface area (Å²) in [4.78, 5) is 15.8. The summed E-state index contributed by atoms with van der Waals surface area (Å²) in [6, 6.07) is 13.2. The maximum atomic E-state index is 12.8. The highest BCUT2D eigenvalue weighted by Crippen LogP contribution is 2.37. The number of rotatable bonds is 5. The molecule has 0 spiro atoms. The number of hydrogen-bond donors (Lipinski definition) is 0. The van der Waals surface area contributed by atoms with Crippen molar-refractivity contribution in [3.63, 3.8) is 0 Å². The summed E-state index contributed by atoms with van der Waals surface area (Å²) in [5, 5.41) is 3.22. The van der Waals surface area contributed by atoms with Crippen molar-refractivity contribution in [2.45, 2.75) is 39.0 Å². The number of oxime groups is 1. The SMILES string of the molecule is CC(=NOCc1ccccc1)c1cc(C(F)(F)F)cc(C(F)(F)F)c1.CC(=O)c1ccc(Cl)c(C(F)(F)F)c1. The smallest absolute Gasteiger partial charge is 0.391 e. The minimum absolute atomic E-state index is 0.00160. The van der Waals surface area contributed by atoms with Crippen LogP contribution in [0, 0.1) is 0 Å². The van der Waals surface area contributed by atoms with E-state index in [1.54, 1.807) is 30.3 Å². The first kappa shape index (κ1) is 31.7. The molecule has 0 heterocycles. The van der Waals surface area contributed by atoms with Crippen molar-refractivity contribution < 1.29 is 49.1 Å². The number of hydrogen-bond acceptors (Lipinski definition) is 3. The second-order valence-corrected chi connectivity index (χ2v) is 8.39. The Morgan fingerprint density at radius 1 is 0.744 bits per heavy atom. The Bertz CT molecular complexity index is 1280. The molecule has 0 radical (unpaired) electrons. The van der Waals surface area contributed by atoms with Crippen LogP contribution in [0.15, 0.2) is 71.9 Å². The fourth-order valence-electron chi connectivity index (χ4n) is 2.96. The first-order valence-corrected chi connectivity index (χ1v) is 11.2. The molecule has 39 heavy (non-hydrogen) atoms. The molecule has 0 saturated carbocycles. The van der Waals surface area contributed by atoms with E-state index < -0.39 is 46.0 Å². The number of alkyl halides is 9. The maximum absolute atomic E-state index is 12.8. The molecule has 210 valence electrons. The Balaban J connectivity index is 0.000000322. The number of ketones is 1. The maximum Gasteiger partial charge on any atom is 0.417 e. The van der Waals surface area contributed by atoms with Gasteiger partial charge in [-0.25, -0.2) is 0 Å². The van der Waals surface area contributed by atoms with Gasteiger partial charge in [0, 0.05) is 11.1 Å². The van der Waals surface area contributed by atoms with E-state index in [-0.39, 0.29) is 29.5 Å². The summed E-state index contributed by atoms with van der Waals surface area (Å²) in [5.41, 5.74) is -3.40. The Morgan fingerprint density at radius 3 is 1.74 bits per heavy atom. The van der Waals surface area contributed by atoms with Gasteiger partial charge in [-0.05, 0) is 55.8 Å². The quantitative estimate of drug-likeness (QED) is 0.130. The molecule has 0 unspecified atom stereocenters. The topological polar surface area (TPSA) is 38.7 Å². The van der Waals surface area contributed by atoms with Crippen molar-refractivity contribution >= 4 is 23.1 Å². The second-order valence-electron chi connectivity index (χ2n) is 7.98. The van der Waals surface area contributed by atoms with Gasteiger partial charge in [0.1, 0.15) is 6.61 Å². The molecular weight excluding hydrogens is 565 g/mol. The Morgan fingerprint density at radius 2 is 1.28 bits per heavy atom. The van der Waals surface area contributed by atoms with Crippen molar-refractivity contribution in [3.05, 3.63) is 105 Å². The van der Waals surface area contributed by atoms with Gasteiger partial charge in [0.2, 0.25) is 0 Å². The van der Waals surface area contributed by atoms with E-state index in [4.69, 9.17) is 16.4 Å². The Labute approximate surface area is 221 Å². The minimum Gasteiger partial charge on any atom is -0.391 e. The lowest BCUT2D eigenvalue weighted by Crippen LogP contribution is -2.13. The van der Waals surface area contributed by atoms with Crippen LogP contribution in [0.5, 0.6) is 0 Å². The molecular formula is C26H19ClF9NO2. The molecule has 0 N–H and O–H groups in total. The van der Waals surface area contributed by atoms with Gasteiger partial charge >= 0.3 is 18.5 Å². The number of carbonyl (C=O) groups excluding carboxylic acids is 1. The average molecular weight is 584 g/mol. The van der Waals surface area contributed by atoms with Crippen molar-refractivity contribution in [2.24, 2.45) is 5.16 Å². The molecule has 0 aliphatic rings. The molecule has 3 aromatic carbocycles. The van der Waals surface area contributed by atoms with E-state index in [0.29, 0.717) is 12.1 Å². The van der Waals surface area contributed by atoms with Crippen LogP contribution in [-0.2, 0) is 30.0 Å². The van der Waals surface area contributed by atoms with Crippen LogP contribution in [0.1, 0.15) is 52.0 Å². The average Bonchev–Trinajstić information content (AvgIpc) is 2.83. The van der Waals surface area contributed by atoms with Crippen LogP contribution in [0.3, 0.4) is 0 Å². The highest BCUT2D eigenvalue weighted by Gasteiger charge is 2.37. The first-order valence-electron chi connectivity index (χ1n) is 10.8. The molecule has 3 nitrogen and oxygen atoms in total. The summed E-state index contributed by atoms with van der Waals surface area (Å²) in [7, 11) is 0. The molecule has 3 aromatic rings. The first-order chi connectivity index (χ1) is 17.9. The van der Waals surface area contributed by atoms with Gasteiger partial charge < -0.3 is 4.84 Å². The Kier molecular flexibility index (Phi) is 10.2. The van der Waals surface area contributed by atoms with Crippen molar-refractivity contribution in [3.8, 4) is 0 Å². The van der Waals surface area contributed by atoms with Crippen LogP contribution in [-0.4, -0.2) is 11.5 Å². The highest BCUT2D eigenvalue weighted by molar-refractivity contribution is 6.31. The molecule has 0 aliphatic carbocycles. The molecule has 0 amide bonds. The predicted molar refractivity (Wildman–Crippen MR) is 126 cm³/mol. The molecule has 0 fully saturated rings. The molecule has 0 aromatic heterocycles. The van der Waals surface area contributed by atoms with Crippen LogP contribution >= 0.6 is 11.6 Å². The summed E-state index contributed by atoms with van der Waals surface area (Å²) < 4.78 is 114. The summed E-state index contributed by atoms with van der Waals surface area (Å²) >= 11 is 5.35. The third-order valence-electron chi connectivity index (χ3n) is 4.96. The van der Waals surface area contributed by atoms with Crippen molar-refractivity contribution in [1.82, 2.24) is 0 Å². The van der Waals surface area contributed by atoms with Crippen LogP contribution in [0.25, 0.3) is 0 Å². The highest BCUT2D eigenvalue weighted by atomic mass is 35.5. The van der Waals surface area contributed by atoms with Gasteiger partial charge in [0.05, 0.1) is 27.4 Å². The normalized spacial score (nSPS) is 12.5. The standard InChI is InChI=1S/C17H13F6NO.C9H6ClF3O/c1-11(24-25-10-12-5-3-2-4-6-12)13-7-14(16(18,19)20)9-15(8-13)17(21,22)23;1-5(14)6-2-3-8(10)7(4-6)9(11,12)13/h2-9H,10H2,1H3;2-4H,1H3. The number of Topliss-reactive ketones (excluding diaryl/α,β-unsaturated/α-hetero) is 1. The van der Waals surface area contributed by atoms with Crippen LogP contribution in [0.2, 0.25) is 5.02 Å². The summed E-state index contributed by atoms with van der Waals surface area (Å²) in [5.74, 6) is -0.424. The fraction of sp³-hybridized carbons (Fsp3) is 0.231. The number of carbonyl (C=O) groups is 1. The molecule has 0 saturated heterocycles. The number of benzene rings is 3.